The van der Waals surface area contributed by atoms with Crippen LogP contribution in [0.3, 0.4) is 0 Å². The van der Waals surface area contributed by atoms with Gasteiger partial charge in [0.2, 0.25) is 5.91 Å². The molecule has 1 fully saturated rings. The molecule has 1 saturated heterocycles. The fourth-order valence-corrected chi connectivity index (χ4v) is 5.25. The van der Waals surface area contributed by atoms with Crippen LogP contribution in [0.25, 0.3) is 5.69 Å². The maximum absolute atomic E-state index is 13.0. The lowest BCUT2D eigenvalue weighted by Crippen LogP contribution is -2.39. The summed E-state index contributed by atoms with van der Waals surface area (Å²) in [5, 5.41) is 10.3. The Labute approximate surface area is 211 Å². The van der Waals surface area contributed by atoms with Gasteiger partial charge >= 0.3 is 0 Å². The van der Waals surface area contributed by atoms with Gasteiger partial charge in [-0.1, -0.05) is 53.7 Å². The first-order valence-corrected chi connectivity index (χ1v) is 13.1. The van der Waals surface area contributed by atoms with Crippen LogP contribution >= 0.6 is 23.4 Å². The summed E-state index contributed by atoms with van der Waals surface area (Å²) in [7, 11) is 4.03. The molecule has 3 aromatic rings. The van der Waals surface area contributed by atoms with E-state index < -0.39 is 0 Å². The van der Waals surface area contributed by atoms with Crippen molar-refractivity contribution in [3.05, 3.63) is 71.0 Å². The third kappa shape index (κ3) is 6.01. The molecule has 0 aliphatic carbocycles. The lowest BCUT2D eigenvalue weighted by molar-refractivity contribution is -0.129. The smallest absolute Gasteiger partial charge is 0.233 e. The summed E-state index contributed by atoms with van der Waals surface area (Å²) in [5.74, 6) is 1.99. The molecule has 4 rings (SSSR count). The van der Waals surface area contributed by atoms with Crippen LogP contribution in [0.5, 0.6) is 0 Å². The SMILES string of the molecule is C[C@H](c1nnc(SCC(=O)N2CCC(Cc3ccccc3)CC2)n1-c1ccc(Cl)cc1)N(C)C. The van der Waals surface area contributed by atoms with Gasteiger partial charge in [-0.2, -0.15) is 0 Å². The van der Waals surface area contributed by atoms with E-state index in [1.54, 1.807) is 0 Å². The molecule has 1 aliphatic rings. The molecule has 180 valence electrons. The minimum Gasteiger partial charge on any atom is -0.342 e. The highest BCUT2D eigenvalue weighted by Gasteiger charge is 2.25. The number of amides is 1. The lowest BCUT2D eigenvalue weighted by Gasteiger charge is -2.32. The van der Waals surface area contributed by atoms with Crippen molar-refractivity contribution in [3.63, 3.8) is 0 Å². The number of thioether (sulfide) groups is 1. The maximum Gasteiger partial charge on any atom is 0.233 e. The first-order chi connectivity index (χ1) is 16.4. The van der Waals surface area contributed by atoms with Crippen LogP contribution in [0.4, 0.5) is 0 Å². The molecule has 1 atom stereocenters. The van der Waals surface area contributed by atoms with Gasteiger partial charge in [0.15, 0.2) is 11.0 Å². The number of carbonyl (C=O) groups is 1. The second kappa shape index (κ2) is 11.4. The van der Waals surface area contributed by atoms with Crippen LogP contribution in [-0.4, -0.2) is 63.4 Å². The Kier molecular flexibility index (Phi) is 8.29. The zero-order valence-electron chi connectivity index (χ0n) is 20.0. The van der Waals surface area contributed by atoms with E-state index in [4.69, 9.17) is 11.6 Å². The zero-order valence-corrected chi connectivity index (χ0v) is 21.6. The average Bonchev–Trinajstić information content (AvgIpc) is 3.27. The van der Waals surface area contributed by atoms with E-state index in [0.29, 0.717) is 16.7 Å². The van der Waals surface area contributed by atoms with Gasteiger partial charge in [-0.05, 0) is 76.0 Å². The van der Waals surface area contributed by atoms with Gasteiger partial charge in [0.25, 0.3) is 0 Å². The van der Waals surface area contributed by atoms with Crippen LogP contribution < -0.4 is 0 Å². The number of rotatable bonds is 8. The molecule has 0 saturated carbocycles. The fourth-order valence-electron chi connectivity index (χ4n) is 4.26. The van der Waals surface area contributed by atoms with Gasteiger partial charge < -0.3 is 4.90 Å². The number of likely N-dealkylation sites (tertiary alicyclic amines) is 1. The Morgan fingerprint density at radius 1 is 1.09 bits per heavy atom. The minimum absolute atomic E-state index is 0.0665. The first-order valence-electron chi connectivity index (χ1n) is 11.7. The normalized spacial score (nSPS) is 15.6. The topological polar surface area (TPSA) is 54.3 Å². The summed E-state index contributed by atoms with van der Waals surface area (Å²) in [6, 6.07) is 18.3. The van der Waals surface area contributed by atoms with Crippen molar-refractivity contribution in [1.82, 2.24) is 24.6 Å². The monoisotopic (exact) mass is 497 g/mol. The van der Waals surface area contributed by atoms with Gasteiger partial charge in [0.05, 0.1) is 11.8 Å². The van der Waals surface area contributed by atoms with Crippen LogP contribution in [0.15, 0.2) is 59.8 Å². The molecule has 0 spiro atoms. The number of benzene rings is 2. The zero-order chi connectivity index (χ0) is 24.1. The van der Waals surface area contributed by atoms with E-state index >= 15 is 0 Å². The van der Waals surface area contributed by atoms with Crippen molar-refractivity contribution >= 4 is 29.3 Å². The molecule has 0 bridgehead atoms. The number of hydrogen-bond acceptors (Lipinski definition) is 5. The van der Waals surface area contributed by atoms with Crippen molar-refractivity contribution in [2.45, 2.75) is 37.4 Å². The van der Waals surface area contributed by atoms with Crippen molar-refractivity contribution in [1.29, 1.82) is 0 Å². The number of piperidine rings is 1. The molecule has 6 nitrogen and oxygen atoms in total. The highest BCUT2D eigenvalue weighted by atomic mass is 35.5. The Bertz CT molecular complexity index is 1080. The van der Waals surface area contributed by atoms with Crippen molar-refractivity contribution < 1.29 is 4.79 Å². The minimum atomic E-state index is 0.0665. The fraction of sp³-hybridized carbons (Fsp3) is 0.423. The molecule has 1 aliphatic heterocycles. The molecule has 8 heteroatoms. The molecule has 34 heavy (non-hydrogen) atoms. The summed E-state index contributed by atoms with van der Waals surface area (Å²) in [4.78, 5) is 17.1. The maximum atomic E-state index is 13.0. The molecule has 2 aromatic carbocycles. The molecule has 0 N–H and O–H groups in total. The summed E-state index contributed by atoms with van der Waals surface area (Å²) in [5.41, 5.74) is 2.32. The molecule has 2 heterocycles. The highest BCUT2D eigenvalue weighted by molar-refractivity contribution is 7.99. The summed E-state index contributed by atoms with van der Waals surface area (Å²) >= 11 is 7.55. The van der Waals surface area contributed by atoms with E-state index in [1.807, 2.05) is 47.8 Å². The van der Waals surface area contributed by atoms with Crippen LogP contribution in [-0.2, 0) is 11.2 Å². The summed E-state index contributed by atoms with van der Waals surface area (Å²) in [6.07, 6.45) is 3.20. The Hall–Kier alpha value is -2.35. The number of carbonyl (C=O) groups excluding carboxylic acids is 1. The second-order valence-electron chi connectivity index (χ2n) is 9.09. The quantitative estimate of drug-likeness (QED) is 0.404. The van der Waals surface area contributed by atoms with E-state index in [1.165, 1.54) is 17.3 Å². The van der Waals surface area contributed by atoms with E-state index in [0.717, 1.165) is 49.0 Å². The van der Waals surface area contributed by atoms with Gasteiger partial charge in [-0.15, -0.1) is 10.2 Å². The third-order valence-corrected chi connectivity index (χ3v) is 7.72. The van der Waals surface area contributed by atoms with Crippen molar-refractivity contribution in [2.75, 3.05) is 32.9 Å². The van der Waals surface area contributed by atoms with Crippen LogP contribution in [0.2, 0.25) is 5.02 Å². The standard InChI is InChI=1S/C26H32ClN5OS/c1-19(30(2)3)25-28-29-26(32(25)23-11-9-22(27)10-12-23)34-18-24(33)31-15-13-21(14-16-31)17-20-7-5-4-6-8-20/h4-12,19,21H,13-18H2,1-3H3/t19-/m1/s1. The Balaban J connectivity index is 1.39. The molecule has 0 unspecified atom stereocenters. The Morgan fingerprint density at radius 3 is 2.41 bits per heavy atom. The van der Waals surface area contributed by atoms with E-state index in [2.05, 4.69) is 52.4 Å². The van der Waals surface area contributed by atoms with Crippen LogP contribution in [0, 0.1) is 5.92 Å². The highest BCUT2D eigenvalue weighted by Crippen LogP contribution is 2.28. The average molecular weight is 498 g/mol. The number of nitrogens with zero attached hydrogens (tertiary/aromatic N) is 5. The predicted molar refractivity (Wildman–Crippen MR) is 139 cm³/mol. The molecular formula is C26H32ClN5OS. The molecule has 1 aromatic heterocycles. The van der Waals surface area contributed by atoms with Gasteiger partial charge in [0, 0.05) is 23.8 Å². The first kappa shape index (κ1) is 24.8. The van der Waals surface area contributed by atoms with E-state index in [-0.39, 0.29) is 11.9 Å². The van der Waals surface area contributed by atoms with Crippen molar-refractivity contribution in [3.8, 4) is 5.69 Å². The predicted octanol–water partition coefficient (Wildman–Crippen LogP) is 5.12. The second-order valence-corrected chi connectivity index (χ2v) is 10.5. The van der Waals surface area contributed by atoms with Crippen LogP contribution in [0.1, 0.15) is 37.2 Å². The largest absolute Gasteiger partial charge is 0.342 e. The summed E-state index contributed by atoms with van der Waals surface area (Å²) < 4.78 is 2.03. The number of hydrogen-bond donors (Lipinski definition) is 0. The molecule has 1 amide bonds. The van der Waals surface area contributed by atoms with Gasteiger partial charge in [0.1, 0.15) is 0 Å². The van der Waals surface area contributed by atoms with E-state index in [9.17, 15) is 4.79 Å². The third-order valence-electron chi connectivity index (χ3n) is 6.55. The van der Waals surface area contributed by atoms with Crippen molar-refractivity contribution in [2.24, 2.45) is 5.92 Å². The lowest BCUT2D eigenvalue weighted by atomic mass is 9.90. The number of aromatic nitrogens is 3. The molecule has 0 radical (unpaired) electrons. The Morgan fingerprint density at radius 2 is 1.76 bits per heavy atom. The van der Waals surface area contributed by atoms with Gasteiger partial charge in [-0.25, -0.2) is 0 Å². The number of halogens is 1. The molecular weight excluding hydrogens is 466 g/mol. The van der Waals surface area contributed by atoms with Gasteiger partial charge in [-0.3, -0.25) is 14.3 Å². The summed E-state index contributed by atoms with van der Waals surface area (Å²) in [6.45, 7) is 3.74.